The van der Waals surface area contributed by atoms with Gasteiger partial charge in [0.15, 0.2) is 11.5 Å². The number of benzene rings is 2. The van der Waals surface area contributed by atoms with Gasteiger partial charge in [-0.2, -0.15) is 0 Å². The summed E-state index contributed by atoms with van der Waals surface area (Å²) in [5.74, 6) is 0.229. The molecule has 2 aromatic carbocycles. The molecule has 0 aliphatic carbocycles. The van der Waals surface area contributed by atoms with Crippen LogP contribution in [-0.2, 0) is 10.0 Å². The van der Waals surface area contributed by atoms with Crippen molar-refractivity contribution in [1.29, 1.82) is 0 Å². The van der Waals surface area contributed by atoms with Crippen LogP contribution in [0, 0.1) is 0 Å². The number of ether oxygens (including phenoxy) is 2. The van der Waals surface area contributed by atoms with Gasteiger partial charge in [-0.25, -0.2) is 8.42 Å². The standard InChI is InChI=1S/C16H17ClN2O5S/c1-23-14-8-10(7-13(17)15(14)24-2)16(20)18-11-5-4-6-12(9-11)19-25(3,21)22/h4-9,19H,1-3H3,(H,18,20). The second-order valence-corrected chi connectivity index (χ2v) is 7.26. The summed E-state index contributed by atoms with van der Waals surface area (Å²) in [5, 5.41) is 2.91. The molecule has 2 aromatic rings. The monoisotopic (exact) mass is 384 g/mol. The quantitative estimate of drug-likeness (QED) is 0.798. The lowest BCUT2D eigenvalue weighted by atomic mass is 10.1. The van der Waals surface area contributed by atoms with Crippen LogP contribution in [0.3, 0.4) is 0 Å². The van der Waals surface area contributed by atoms with Crippen LogP contribution in [0.1, 0.15) is 10.4 Å². The highest BCUT2D eigenvalue weighted by Crippen LogP contribution is 2.36. The highest BCUT2D eigenvalue weighted by molar-refractivity contribution is 7.92. The highest BCUT2D eigenvalue weighted by Gasteiger charge is 2.15. The average molecular weight is 385 g/mol. The molecule has 0 fully saturated rings. The molecule has 2 N–H and O–H groups in total. The van der Waals surface area contributed by atoms with Crippen molar-refractivity contribution in [3.8, 4) is 11.5 Å². The van der Waals surface area contributed by atoms with Gasteiger partial charge in [-0.05, 0) is 30.3 Å². The molecule has 0 atom stereocenters. The summed E-state index contributed by atoms with van der Waals surface area (Å²) in [6.45, 7) is 0. The lowest BCUT2D eigenvalue weighted by molar-refractivity contribution is 0.102. The molecule has 0 bridgehead atoms. The fraction of sp³-hybridized carbons (Fsp3) is 0.188. The second-order valence-electron chi connectivity index (χ2n) is 5.10. The Morgan fingerprint density at radius 2 is 1.76 bits per heavy atom. The van der Waals surface area contributed by atoms with Crippen LogP contribution in [0.5, 0.6) is 11.5 Å². The first-order chi connectivity index (χ1) is 11.7. The maximum atomic E-state index is 12.4. The molecule has 134 valence electrons. The lowest BCUT2D eigenvalue weighted by Gasteiger charge is -2.12. The van der Waals surface area contributed by atoms with E-state index in [4.69, 9.17) is 21.1 Å². The number of hydrogen-bond donors (Lipinski definition) is 2. The number of hydrogen-bond acceptors (Lipinski definition) is 5. The van der Waals surface area contributed by atoms with Gasteiger partial charge in [-0.15, -0.1) is 0 Å². The number of rotatable bonds is 6. The molecule has 0 radical (unpaired) electrons. The molecule has 1 amide bonds. The average Bonchev–Trinajstić information content (AvgIpc) is 2.52. The molecule has 0 aromatic heterocycles. The van der Waals surface area contributed by atoms with Gasteiger partial charge in [-0.3, -0.25) is 9.52 Å². The van der Waals surface area contributed by atoms with Crippen molar-refractivity contribution in [2.75, 3.05) is 30.5 Å². The second kappa shape index (κ2) is 7.62. The number of nitrogens with one attached hydrogen (secondary N) is 2. The number of carbonyl (C=O) groups excluding carboxylic acids is 1. The van der Waals surface area contributed by atoms with Gasteiger partial charge in [0.25, 0.3) is 5.91 Å². The van der Waals surface area contributed by atoms with Gasteiger partial charge < -0.3 is 14.8 Å². The molecule has 25 heavy (non-hydrogen) atoms. The van der Waals surface area contributed by atoms with Crippen LogP contribution in [0.2, 0.25) is 5.02 Å². The zero-order valence-electron chi connectivity index (χ0n) is 13.8. The number of methoxy groups -OCH3 is 2. The summed E-state index contributed by atoms with van der Waals surface area (Å²) in [6.07, 6.45) is 1.05. The molecule has 2 rings (SSSR count). The Hall–Kier alpha value is -2.45. The van der Waals surface area contributed by atoms with E-state index in [2.05, 4.69) is 10.0 Å². The van der Waals surface area contributed by atoms with Crippen LogP contribution < -0.4 is 19.5 Å². The fourth-order valence-corrected chi connectivity index (χ4v) is 2.97. The summed E-state index contributed by atoms with van der Waals surface area (Å²) < 4.78 is 35.2. The number of sulfonamides is 1. The summed E-state index contributed by atoms with van der Waals surface area (Å²) in [4.78, 5) is 12.4. The molecular weight excluding hydrogens is 368 g/mol. The third-order valence-electron chi connectivity index (χ3n) is 3.12. The van der Waals surface area contributed by atoms with Gasteiger partial charge in [0.2, 0.25) is 10.0 Å². The minimum absolute atomic E-state index is 0.236. The van der Waals surface area contributed by atoms with E-state index in [1.165, 1.54) is 32.4 Å². The Morgan fingerprint density at radius 1 is 1.08 bits per heavy atom. The molecule has 9 heteroatoms. The minimum atomic E-state index is -3.41. The van der Waals surface area contributed by atoms with Crippen LogP contribution >= 0.6 is 11.6 Å². The van der Waals surface area contributed by atoms with E-state index in [-0.39, 0.29) is 10.6 Å². The van der Waals surface area contributed by atoms with Crippen molar-refractivity contribution >= 4 is 38.9 Å². The van der Waals surface area contributed by atoms with Gasteiger partial charge in [-0.1, -0.05) is 17.7 Å². The molecule has 0 aliphatic rings. The topological polar surface area (TPSA) is 93.7 Å². The van der Waals surface area contributed by atoms with Gasteiger partial charge in [0.05, 0.1) is 31.2 Å². The van der Waals surface area contributed by atoms with E-state index in [0.29, 0.717) is 22.9 Å². The zero-order valence-corrected chi connectivity index (χ0v) is 15.4. The Bertz CT molecular complexity index is 899. The third-order valence-corrected chi connectivity index (χ3v) is 4.01. The van der Waals surface area contributed by atoms with Crippen LogP contribution in [0.15, 0.2) is 36.4 Å². The Labute approximate surface area is 151 Å². The molecule has 0 heterocycles. The number of carbonyl (C=O) groups is 1. The maximum Gasteiger partial charge on any atom is 0.255 e. The Kier molecular flexibility index (Phi) is 5.76. The van der Waals surface area contributed by atoms with E-state index in [1.807, 2.05) is 0 Å². The Balaban J connectivity index is 2.25. The molecule has 0 aliphatic heterocycles. The van der Waals surface area contributed by atoms with E-state index in [1.54, 1.807) is 18.2 Å². The zero-order chi connectivity index (χ0) is 18.6. The summed E-state index contributed by atoms with van der Waals surface area (Å²) in [6, 6.07) is 9.28. The first kappa shape index (κ1) is 18.9. The summed E-state index contributed by atoms with van der Waals surface area (Å²) >= 11 is 6.10. The largest absolute Gasteiger partial charge is 0.493 e. The number of halogens is 1. The van der Waals surface area contributed by atoms with E-state index < -0.39 is 15.9 Å². The summed E-state index contributed by atoms with van der Waals surface area (Å²) in [5.41, 5.74) is 1.03. The van der Waals surface area contributed by atoms with Crippen molar-refractivity contribution in [3.05, 3.63) is 47.0 Å². The predicted octanol–water partition coefficient (Wildman–Crippen LogP) is 2.98. The lowest BCUT2D eigenvalue weighted by Crippen LogP contribution is -2.13. The van der Waals surface area contributed by atoms with Gasteiger partial charge in [0.1, 0.15) is 0 Å². The maximum absolute atomic E-state index is 12.4. The van der Waals surface area contributed by atoms with Crippen molar-refractivity contribution in [2.45, 2.75) is 0 Å². The molecule has 0 saturated carbocycles. The molecule has 0 unspecified atom stereocenters. The molecule has 0 spiro atoms. The fourth-order valence-electron chi connectivity index (χ4n) is 2.13. The third kappa shape index (κ3) is 5.01. The Morgan fingerprint density at radius 3 is 2.36 bits per heavy atom. The van der Waals surface area contributed by atoms with Crippen molar-refractivity contribution in [1.82, 2.24) is 0 Å². The van der Waals surface area contributed by atoms with Crippen molar-refractivity contribution < 1.29 is 22.7 Å². The normalized spacial score (nSPS) is 10.9. The number of anilines is 2. The minimum Gasteiger partial charge on any atom is -0.493 e. The van der Waals surface area contributed by atoms with Gasteiger partial charge >= 0.3 is 0 Å². The van der Waals surface area contributed by atoms with Crippen LogP contribution in [0.4, 0.5) is 11.4 Å². The molecule has 0 saturated heterocycles. The predicted molar refractivity (Wildman–Crippen MR) is 97.4 cm³/mol. The van der Waals surface area contributed by atoms with Gasteiger partial charge in [0, 0.05) is 11.3 Å². The first-order valence-electron chi connectivity index (χ1n) is 7.04. The van der Waals surface area contributed by atoms with Crippen LogP contribution in [-0.4, -0.2) is 34.8 Å². The van der Waals surface area contributed by atoms with Crippen LogP contribution in [0.25, 0.3) is 0 Å². The van der Waals surface area contributed by atoms with E-state index in [0.717, 1.165) is 6.26 Å². The van der Waals surface area contributed by atoms with Crippen molar-refractivity contribution in [2.24, 2.45) is 0 Å². The highest BCUT2D eigenvalue weighted by atomic mass is 35.5. The number of amides is 1. The molecule has 7 nitrogen and oxygen atoms in total. The van der Waals surface area contributed by atoms with Crippen molar-refractivity contribution in [3.63, 3.8) is 0 Å². The molecular formula is C16H17ClN2O5S. The van der Waals surface area contributed by atoms with E-state index >= 15 is 0 Å². The smallest absolute Gasteiger partial charge is 0.255 e. The van der Waals surface area contributed by atoms with E-state index in [9.17, 15) is 13.2 Å². The SMILES string of the molecule is COc1cc(C(=O)Nc2cccc(NS(C)(=O)=O)c2)cc(Cl)c1OC. The first-order valence-corrected chi connectivity index (χ1v) is 9.31. The summed E-state index contributed by atoms with van der Waals surface area (Å²) in [7, 11) is -0.519.